The van der Waals surface area contributed by atoms with Crippen LogP contribution in [0.5, 0.6) is 0 Å². The fraction of sp³-hybridized carbons (Fsp3) is 0.286. The maximum Gasteiger partial charge on any atom is 0.304 e. The number of nitrogens with zero attached hydrogens (tertiary/aromatic N) is 2. The molecule has 5 nitrogen and oxygen atoms in total. The highest BCUT2D eigenvalue weighted by Crippen LogP contribution is 2.14. The Morgan fingerprint density at radius 3 is 2.84 bits per heavy atom. The van der Waals surface area contributed by atoms with Crippen LogP contribution in [0.4, 0.5) is 0 Å². The van der Waals surface area contributed by atoms with Crippen LogP contribution in [0.25, 0.3) is 5.69 Å². The fourth-order valence-electron chi connectivity index (χ4n) is 1.80. The predicted molar refractivity (Wildman–Crippen MR) is 72.2 cm³/mol. The average Bonchev–Trinajstić information content (AvgIpc) is 2.89. The Hall–Kier alpha value is -2.14. The van der Waals surface area contributed by atoms with E-state index in [4.69, 9.17) is 5.11 Å². The van der Waals surface area contributed by atoms with E-state index in [9.17, 15) is 4.79 Å². The molecule has 100 valence electrons. The third-order valence-electron chi connectivity index (χ3n) is 2.91. The summed E-state index contributed by atoms with van der Waals surface area (Å²) in [4.78, 5) is 10.4. The van der Waals surface area contributed by atoms with Crippen LogP contribution in [0, 0.1) is 0 Å². The topological polar surface area (TPSA) is 67.2 Å². The number of nitrogens with one attached hydrogen (secondary N) is 1. The molecule has 0 spiro atoms. The quantitative estimate of drug-likeness (QED) is 0.832. The van der Waals surface area contributed by atoms with E-state index >= 15 is 0 Å². The molecule has 0 aliphatic carbocycles. The lowest BCUT2D eigenvalue weighted by molar-refractivity contribution is -0.136. The van der Waals surface area contributed by atoms with E-state index < -0.39 is 5.97 Å². The number of carboxylic acid groups (broad SMARTS) is 1. The first-order chi connectivity index (χ1) is 9.16. The lowest BCUT2D eigenvalue weighted by Gasteiger charge is -2.10. The Kier molecular flexibility index (Phi) is 4.30. The number of carboxylic acids is 1. The standard InChI is InChI=1S/C14H17N3O2/c1-11(15-8-7-14(18)19)12-9-16-17(10-12)13-5-3-2-4-6-13/h2-6,9-11,15H,7-8H2,1H3,(H,18,19). The van der Waals surface area contributed by atoms with Crippen molar-refractivity contribution in [3.63, 3.8) is 0 Å². The summed E-state index contributed by atoms with van der Waals surface area (Å²) in [6.45, 7) is 2.45. The van der Waals surface area contributed by atoms with Crippen molar-refractivity contribution < 1.29 is 9.90 Å². The van der Waals surface area contributed by atoms with E-state index in [0.29, 0.717) is 6.54 Å². The second kappa shape index (κ2) is 6.15. The monoisotopic (exact) mass is 259 g/mol. The zero-order valence-corrected chi connectivity index (χ0v) is 10.8. The molecule has 0 amide bonds. The van der Waals surface area contributed by atoms with Gasteiger partial charge in [-0.1, -0.05) is 18.2 Å². The molecular formula is C14H17N3O2. The Balaban J connectivity index is 1.99. The van der Waals surface area contributed by atoms with Crippen LogP contribution in [-0.2, 0) is 4.79 Å². The number of hydrogen-bond acceptors (Lipinski definition) is 3. The van der Waals surface area contributed by atoms with Crippen molar-refractivity contribution in [2.24, 2.45) is 0 Å². The van der Waals surface area contributed by atoms with Crippen LogP contribution in [0.1, 0.15) is 24.9 Å². The summed E-state index contributed by atoms with van der Waals surface area (Å²) in [5.74, 6) is -0.792. The second-order valence-corrected chi connectivity index (χ2v) is 4.37. The molecule has 1 unspecified atom stereocenters. The summed E-state index contributed by atoms with van der Waals surface area (Å²) < 4.78 is 1.81. The third-order valence-corrected chi connectivity index (χ3v) is 2.91. The van der Waals surface area contributed by atoms with Gasteiger partial charge in [0.1, 0.15) is 0 Å². The van der Waals surface area contributed by atoms with Crippen molar-refractivity contribution in [2.75, 3.05) is 6.54 Å². The zero-order chi connectivity index (χ0) is 13.7. The molecule has 2 N–H and O–H groups in total. The van der Waals surface area contributed by atoms with E-state index in [0.717, 1.165) is 11.3 Å². The number of para-hydroxylation sites is 1. The molecule has 19 heavy (non-hydrogen) atoms. The normalized spacial score (nSPS) is 12.3. The van der Waals surface area contributed by atoms with Gasteiger partial charge in [0.2, 0.25) is 0 Å². The number of aliphatic carboxylic acids is 1. The Morgan fingerprint density at radius 1 is 1.42 bits per heavy atom. The molecule has 2 aromatic rings. The van der Waals surface area contributed by atoms with Gasteiger partial charge in [-0.2, -0.15) is 5.10 Å². The fourth-order valence-corrected chi connectivity index (χ4v) is 1.80. The Bertz CT molecular complexity index is 537. The lowest BCUT2D eigenvalue weighted by atomic mass is 10.2. The molecular weight excluding hydrogens is 242 g/mol. The summed E-state index contributed by atoms with van der Waals surface area (Å²) >= 11 is 0. The first-order valence-corrected chi connectivity index (χ1v) is 6.22. The lowest BCUT2D eigenvalue weighted by Crippen LogP contribution is -2.21. The van der Waals surface area contributed by atoms with E-state index in [1.165, 1.54) is 0 Å². The van der Waals surface area contributed by atoms with Gasteiger partial charge in [0.15, 0.2) is 0 Å². The highest BCUT2D eigenvalue weighted by Gasteiger charge is 2.08. The van der Waals surface area contributed by atoms with Crippen LogP contribution in [-0.4, -0.2) is 27.4 Å². The smallest absolute Gasteiger partial charge is 0.304 e. The van der Waals surface area contributed by atoms with Gasteiger partial charge in [0.25, 0.3) is 0 Å². The maximum absolute atomic E-state index is 10.4. The van der Waals surface area contributed by atoms with Crippen molar-refractivity contribution in [1.29, 1.82) is 0 Å². The molecule has 0 saturated heterocycles. The summed E-state index contributed by atoms with van der Waals surface area (Å²) in [6.07, 6.45) is 3.87. The largest absolute Gasteiger partial charge is 0.481 e. The maximum atomic E-state index is 10.4. The van der Waals surface area contributed by atoms with Crippen molar-refractivity contribution in [1.82, 2.24) is 15.1 Å². The van der Waals surface area contributed by atoms with Crippen LogP contribution < -0.4 is 5.32 Å². The minimum atomic E-state index is -0.792. The molecule has 0 radical (unpaired) electrons. The molecule has 0 bridgehead atoms. The van der Waals surface area contributed by atoms with Crippen molar-refractivity contribution in [3.05, 3.63) is 48.3 Å². The number of aromatic nitrogens is 2. The highest BCUT2D eigenvalue weighted by atomic mass is 16.4. The first kappa shape index (κ1) is 13.3. The SMILES string of the molecule is CC(NCCC(=O)O)c1cnn(-c2ccccc2)c1. The molecule has 0 fully saturated rings. The van der Waals surface area contributed by atoms with Gasteiger partial charge in [-0.25, -0.2) is 4.68 Å². The third kappa shape index (κ3) is 3.66. The summed E-state index contributed by atoms with van der Waals surface area (Å²) in [7, 11) is 0. The van der Waals surface area contributed by atoms with Gasteiger partial charge < -0.3 is 10.4 Å². The van der Waals surface area contributed by atoms with E-state index in [2.05, 4.69) is 10.4 Å². The molecule has 0 saturated carbocycles. The highest BCUT2D eigenvalue weighted by molar-refractivity contribution is 5.66. The van der Waals surface area contributed by atoms with Crippen LogP contribution >= 0.6 is 0 Å². The number of benzene rings is 1. The molecule has 1 aromatic carbocycles. The molecule has 0 aliphatic rings. The van der Waals surface area contributed by atoms with Gasteiger partial charge in [0, 0.05) is 24.3 Å². The van der Waals surface area contributed by atoms with E-state index in [-0.39, 0.29) is 12.5 Å². The summed E-state index contributed by atoms with van der Waals surface area (Å²) in [6, 6.07) is 9.94. The van der Waals surface area contributed by atoms with Crippen LogP contribution in [0.2, 0.25) is 0 Å². The van der Waals surface area contributed by atoms with Crippen molar-refractivity contribution >= 4 is 5.97 Å². The van der Waals surface area contributed by atoms with Gasteiger partial charge >= 0.3 is 5.97 Å². The van der Waals surface area contributed by atoms with Crippen molar-refractivity contribution in [2.45, 2.75) is 19.4 Å². The van der Waals surface area contributed by atoms with Gasteiger partial charge in [-0.15, -0.1) is 0 Å². The Morgan fingerprint density at radius 2 is 2.16 bits per heavy atom. The van der Waals surface area contributed by atoms with E-state index in [1.54, 1.807) is 6.20 Å². The van der Waals surface area contributed by atoms with Crippen molar-refractivity contribution in [3.8, 4) is 5.69 Å². The van der Waals surface area contributed by atoms with E-state index in [1.807, 2.05) is 48.1 Å². The first-order valence-electron chi connectivity index (χ1n) is 6.22. The molecule has 5 heteroatoms. The second-order valence-electron chi connectivity index (χ2n) is 4.37. The number of rotatable bonds is 6. The minimum absolute atomic E-state index is 0.0804. The van der Waals surface area contributed by atoms with Crippen LogP contribution in [0.3, 0.4) is 0 Å². The molecule has 2 rings (SSSR count). The number of carbonyl (C=O) groups is 1. The molecule has 1 atom stereocenters. The molecule has 1 heterocycles. The zero-order valence-electron chi connectivity index (χ0n) is 10.8. The molecule has 1 aromatic heterocycles. The predicted octanol–water partition coefficient (Wildman–Crippen LogP) is 2.00. The minimum Gasteiger partial charge on any atom is -0.481 e. The summed E-state index contributed by atoms with van der Waals surface area (Å²) in [5.41, 5.74) is 2.04. The van der Waals surface area contributed by atoms with Gasteiger partial charge in [-0.3, -0.25) is 4.79 Å². The average molecular weight is 259 g/mol. The number of hydrogen-bond donors (Lipinski definition) is 2. The molecule has 0 aliphatic heterocycles. The summed E-state index contributed by atoms with van der Waals surface area (Å²) in [5, 5.41) is 16.1. The van der Waals surface area contributed by atoms with Gasteiger partial charge in [-0.05, 0) is 19.1 Å². The Labute approximate surface area is 111 Å². The van der Waals surface area contributed by atoms with Crippen LogP contribution in [0.15, 0.2) is 42.7 Å². The van der Waals surface area contributed by atoms with Gasteiger partial charge in [0.05, 0.1) is 18.3 Å².